The van der Waals surface area contributed by atoms with E-state index in [0.717, 1.165) is 21.2 Å². The maximum atomic E-state index is 11.7. The Balaban J connectivity index is 2.01. The van der Waals surface area contributed by atoms with Crippen molar-refractivity contribution in [3.63, 3.8) is 0 Å². The van der Waals surface area contributed by atoms with Crippen LogP contribution < -0.4 is 10.4 Å². The van der Waals surface area contributed by atoms with Gasteiger partial charge in [0.2, 0.25) is 0 Å². The Morgan fingerprint density at radius 1 is 1.32 bits per heavy atom. The van der Waals surface area contributed by atoms with Crippen molar-refractivity contribution >= 4 is 34.3 Å². The third kappa shape index (κ3) is 2.96. The van der Waals surface area contributed by atoms with Gasteiger partial charge in [-0.2, -0.15) is 4.73 Å². The number of benzene rings is 1. The molecule has 3 aromatic rings. The lowest BCUT2D eigenvalue weighted by Crippen LogP contribution is -2.27. The lowest BCUT2D eigenvalue weighted by Gasteiger charge is -2.07. The van der Waals surface area contributed by atoms with Crippen molar-refractivity contribution < 1.29 is 9.15 Å². The summed E-state index contributed by atoms with van der Waals surface area (Å²) in [6.45, 7) is 1.85. The molecule has 0 aliphatic carbocycles. The monoisotopic (exact) mass is 333 g/mol. The molecule has 0 N–H and O–H groups in total. The second-order valence-electron chi connectivity index (χ2n) is 4.84. The number of hydrogen-bond acceptors (Lipinski definition) is 4. The number of halogens is 1. The lowest BCUT2D eigenvalue weighted by molar-refractivity contribution is -0.645. The van der Waals surface area contributed by atoms with Crippen LogP contribution in [0.3, 0.4) is 0 Å². The summed E-state index contributed by atoms with van der Waals surface area (Å²) in [5.41, 5.74) is 1.74. The highest BCUT2D eigenvalue weighted by molar-refractivity contribution is 7.98. The quantitative estimate of drug-likeness (QED) is 0.317. The maximum absolute atomic E-state index is 11.7. The third-order valence-electron chi connectivity index (χ3n) is 3.27. The van der Waals surface area contributed by atoms with Crippen LogP contribution in [0.5, 0.6) is 0 Å². The van der Waals surface area contributed by atoms with Gasteiger partial charge in [-0.3, -0.25) is 0 Å². The van der Waals surface area contributed by atoms with Gasteiger partial charge in [0.1, 0.15) is 5.58 Å². The minimum Gasteiger partial charge on any atom is -0.618 e. The molecular formula is C16H12ClNO3S. The number of nitrogens with zero attached hydrogens (tertiary/aromatic N) is 1. The zero-order valence-corrected chi connectivity index (χ0v) is 13.3. The molecule has 0 bridgehead atoms. The Hall–Kier alpha value is -1.98. The van der Waals surface area contributed by atoms with Gasteiger partial charge in [-0.1, -0.05) is 23.4 Å². The summed E-state index contributed by atoms with van der Waals surface area (Å²) in [6.07, 6.45) is 1.44. The molecule has 0 saturated heterocycles. The first-order valence-electron chi connectivity index (χ1n) is 6.58. The Morgan fingerprint density at radius 3 is 2.91 bits per heavy atom. The second kappa shape index (κ2) is 6.02. The van der Waals surface area contributed by atoms with Crippen LogP contribution >= 0.6 is 23.4 Å². The SMILES string of the molecule is Cc1cc2oc(=O)cc(CSc3cccc[n+]3[O-])c2cc1Cl. The number of rotatable bonds is 3. The van der Waals surface area contributed by atoms with Crippen LogP contribution in [-0.2, 0) is 5.75 Å². The van der Waals surface area contributed by atoms with E-state index in [-0.39, 0.29) is 0 Å². The summed E-state index contributed by atoms with van der Waals surface area (Å²) >= 11 is 7.52. The number of aryl methyl sites for hydroxylation is 1. The number of pyridine rings is 1. The van der Waals surface area contributed by atoms with Gasteiger partial charge in [-0.25, -0.2) is 4.79 Å². The summed E-state index contributed by atoms with van der Waals surface area (Å²) in [5.74, 6) is 0.480. The first-order valence-corrected chi connectivity index (χ1v) is 7.95. The topological polar surface area (TPSA) is 57.2 Å². The van der Waals surface area contributed by atoms with E-state index in [0.29, 0.717) is 21.4 Å². The molecule has 0 amide bonds. The van der Waals surface area contributed by atoms with Gasteiger partial charge >= 0.3 is 5.63 Å². The van der Waals surface area contributed by atoms with Crippen LogP contribution in [0.15, 0.2) is 56.8 Å². The fourth-order valence-electron chi connectivity index (χ4n) is 2.14. The molecule has 0 atom stereocenters. The average Bonchev–Trinajstić information content (AvgIpc) is 2.48. The Morgan fingerprint density at radius 2 is 2.14 bits per heavy atom. The van der Waals surface area contributed by atoms with E-state index in [4.69, 9.17) is 16.0 Å². The maximum Gasteiger partial charge on any atom is 0.336 e. The number of fused-ring (bicyclic) bond motifs is 1. The van der Waals surface area contributed by atoms with Crippen LogP contribution in [0.2, 0.25) is 5.02 Å². The van der Waals surface area contributed by atoms with Gasteiger partial charge in [0.05, 0.1) is 0 Å². The van der Waals surface area contributed by atoms with E-state index < -0.39 is 5.63 Å². The normalized spacial score (nSPS) is 11.0. The van der Waals surface area contributed by atoms with Crippen molar-refractivity contribution in [3.05, 3.63) is 74.4 Å². The largest absolute Gasteiger partial charge is 0.618 e. The molecule has 1 aromatic carbocycles. The fourth-order valence-corrected chi connectivity index (χ4v) is 3.21. The Kier molecular flexibility index (Phi) is 4.09. The summed E-state index contributed by atoms with van der Waals surface area (Å²) < 4.78 is 6.02. The summed E-state index contributed by atoms with van der Waals surface area (Å²) in [4.78, 5) is 11.7. The summed E-state index contributed by atoms with van der Waals surface area (Å²) in [6, 6.07) is 10.2. The molecule has 6 heteroatoms. The van der Waals surface area contributed by atoms with E-state index in [1.807, 2.05) is 6.92 Å². The number of hydrogen-bond donors (Lipinski definition) is 0. The van der Waals surface area contributed by atoms with E-state index in [1.54, 1.807) is 30.3 Å². The Labute approximate surface area is 135 Å². The molecule has 0 aliphatic rings. The first-order chi connectivity index (χ1) is 10.5. The highest BCUT2D eigenvalue weighted by atomic mass is 35.5. The van der Waals surface area contributed by atoms with Gasteiger partial charge in [0, 0.05) is 34.4 Å². The van der Waals surface area contributed by atoms with Gasteiger partial charge in [0.15, 0.2) is 6.20 Å². The first kappa shape index (κ1) is 14.9. The molecule has 0 unspecified atom stereocenters. The number of aromatic nitrogens is 1. The summed E-state index contributed by atoms with van der Waals surface area (Å²) in [7, 11) is 0. The molecule has 0 fully saturated rings. The van der Waals surface area contributed by atoms with Crippen molar-refractivity contribution in [1.29, 1.82) is 0 Å². The van der Waals surface area contributed by atoms with Crippen LogP contribution in [0.25, 0.3) is 11.0 Å². The van der Waals surface area contributed by atoms with Gasteiger partial charge in [0.25, 0.3) is 5.03 Å². The summed E-state index contributed by atoms with van der Waals surface area (Å²) in [5, 5.41) is 13.6. The van der Waals surface area contributed by atoms with Crippen molar-refractivity contribution in [2.24, 2.45) is 0 Å². The molecule has 0 radical (unpaired) electrons. The second-order valence-corrected chi connectivity index (χ2v) is 6.24. The molecule has 112 valence electrons. The molecule has 2 aromatic heterocycles. The van der Waals surface area contributed by atoms with Crippen LogP contribution in [0, 0.1) is 12.1 Å². The Bertz CT molecular complexity index is 908. The minimum absolute atomic E-state index is 0.409. The van der Waals surface area contributed by atoms with Gasteiger partial charge in [-0.05, 0) is 36.2 Å². The van der Waals surface area contributed by atoms with Crippen LogP contribution in [0.1, 0.15) is 11.1 Å². The van der Waals surface area contributed by atoms with Crippen molar-refractivity contribution in [2.75, 3.05) is 0 Å². The molecule has 0 spiro atoms. The van der Waals surface area contributed by atoms with E-state index in [9.17, 15) is 10.0 Å². The average molecular weight is 334 g/mol. The highest BCUT2D eigenvalue weighted by Crippen LogP contribution is 2.28. The smallest absolute Gasteiger partial charge is 0.336 e. The predicted octanol–water partition coefficient (Wildman–Crippen LogP) is 3.68. The standard InChI is InChI=1S/C16H12ClNO3S/c1-10-6-14-12(8-13(10)17)11(7-16(19)21-14)9-22-15-4-2-3-5-18(15)20/h2-8H,9H2,1H3. The fraction of sp³-hybridized carbons (Fsp3) is 0.125. The molecule has 4 nitrogen and oxygen atoms in total. The third-order valence-corrected chi connectivity index (χ3v) is 4.75. The zero-order valence-electron chi connectivity index (χ0n) is 11.7. The van der Waals surface area contributed by atoms with Crippen molar-refractivity contribution in [3.8, 4) is 0 Å². The molecule has 0 saturated carbocycles. The molecule has 3 rings (SSSR count). The van der Waals surface area contributed by atoms with E-state index >= 15 is 0 Å². The molecule has 2 heterocycles. The van der Waals surface area contributed by atoms with E-state index in [2.05, 4.69) is 0 Å². The minimum atomic E-state index is -0.409. The van der Waals surface area contributed by atoms with Crippen LogP contribution in [-0.4, -0.2) is 0 Å². The van der Waals surface area contributed by atoms with Crippen molar-refractivity contribution in [2.45, 2.75) is 17.7 Å². The number of thioether (sulfide) groups is 1. The lowest BCUT2D eigenvalue weighted by atomic mass is 10.1. The van der Waals surface area contributed by atoms with Gasteiger partial charge in [-0.15, -0.1) is 0 Å². The van der Waals surface area contributed by atoms with Crippen molar-refractivity contribution in [1.82, 2.24) is 0 Å². The van der Waals surface area contributed by atoms with Crippen LogP contribution in [0.4, 0.5) is 0 Å². The predicted molar refractivity (Wildman–Crippen MR) is 87.2 cm³/mol. The molecular weight excluding hydrogens is 322 g/mol. The molecule has 22 heavy (non-hydrogen) atoms. The molecule has 0 aliphatic heterocycles. The zero-order chi connectivity index (χ0) is 15.7. The highest BCUT2D eigenvalue weighted by Gasteiger charge is 2.11. The van der Waals surface area contributed by atoms with Gasteiger partial charge < -0.3 is 9.62 Å². The van der Waals surface area contributed by atoms with E-state index in [1.165, 1.54) is 24.0 Å².